The number of hydrogen-bond acceptors (Lipinski definition) is 6. The van der Waals surface area contributed by atoms with Gasteiger partial charge in [-0.05, 0) is 17.9 Å². The summed E-state index contributed by atoms with van der Waals surface area (Å²) in [5, 5.41) is 17.7. The van der Waals surface area contributed by atoms with Gasteiger partial charge >= 0.3 is 0 Å². The van der Waals surface area contributed by atoms with E-state index in [9.17, 15) is 10.1 Å². The number of rotatable bonds is 9. The second-order valence-electron chi connectivity index (χ2n) is 8.73. The van der Waals surface area contributed by atoms with E-state index in [1.165, 1.54) is 12.1 Å². The molecule has 0 aliphatic carbocycles. The van der Waals surface area contributed by atoms with Crippen LogP contribution < -0.4 is 10.6 Å². The van der Waals surface area contributed by atoms with Crippen molar-refractivity contribution in [3.63, 3.8) is 0 Å². The van der Waals surface area contributed by atoms with E-state index in [0.717, 1.165) is 63.9 Å². The number of morpholine rings is 1. The lowest BCUT2D eigenvalue weighted by Crippen LogP contribution is -2.50. The lowest BCUT2D eigenvalue weighted by atomic mass is 10.1. The molecule has 0 spiro atoms. The molecule has 172 valence electrons. The number of benzene rings is 1. The van der Waals surface area contributed by atoms with Crippen LogP contribution in [0.25, 0.3) is 0 Å². The Kier molecular flexibility index (Phi) is 9.05. The van der Waals surface area contributed by atoms with Gasteiger partial charge in [-0.1, -0.05) is 26.0 Å². The summed E-state index contributed by atoms with van der Waals surface area (Å²) in [5.41, 5.74) is 1.01. The Hall–Kier alpha value is -2.23. The summed E-state index contributed by atoms with van der Waals surface area (Å²) < 4.78 is 11.4. The highest BCUT2D eigenvalue weighted by Crippen LogP contribution is 2.13. The predicted molar refractivity (Wildman–Crippen MR) is 120 cm³/mol. The largest absolute Gasteiger partial charge is 0.381 e. The Balaban J connectivity index is 1.55. The van der Waals surface area contributed by atoms with Gasteiger partial charge in [0.25, 0.3) is 5.69 Å². The zero-order valence-electron chi connectivity index (χ0n) is 18.6. The van der Waals surface area contributed by atoms with Crippen molar-refractivity contribution >= 4 is 11.6 Å². The fourth-order valence-electron chi connectivity index (χ4n) is 3.85. The number of nitro groups is 1. The average molecular weight is 434 g/mol. The van der Waals surface area contributed by atoms with Crippen LogP contribution in [-0.4, -0.2) is 74.4 Å². The minimum atomic E-state index is -0.391. The molecule has 2 heterocycles. The highest BCUT2D eigenvalue weighted by molar-refractivity contribution is 5.79. The SMILES string of the molecule is CC(C)CN1CCOC(CNC(=NCc2ccc([N+](=O)[O-])cc2)NCC2CCOC2)C1. The maximum atomic E-state index is 10.8. The molecule has 3 rings (SSSR count). The molecule has 0 radical (unpaired) electrons. The number of hydrogen-bond donors (Lipinski definition) is 2. The maximum Gasteiger partial charge on any atom is 0.269 e. The highest BCUT2D eigenvalue weighted by atomic mass is 16.6. The molecular formula is C22H35N5O4. The van der Waals surface area contributed by atoms with Gasteiger partial charge in [0.1, 0.15) is 0 Å². The van der Waals surface area contributed by atoms with Crippen LogP contribution in [0.5, 0.6) is 0 Å². The van der Waals surface area contributed by atoms with Crippen molar-refractivity contribution in [3.8, 4) is 0 Å². The molecule has 0 saturated carbocycles. The summed E-state index contributed by atoms with van der Waals surface area (Å²) in [5.74, 6) is 1.86. The highest BCUT2D eigenvalue weighted by Gasteiger charge is 2.21. The van der Waals surface area contributed by atoms with Gasteiger partial charge in [0.2, 0.25) is 0 Å². The normalized spacial score (nSPS) is 22.6. The molecular weight excluding hydrogens is 398 g/mol. The van der Waals surface area contributed by atoms with Crippen molar-refractivity contribution in [3.05, 3.63) is 39.9 Å². The standard InChI is InChI=1S/C22H35N5O4/c1-17(2)14-26-8-10-31-21(15-26)13-25-22(24-12-19-7-9-30-16-19)23-11-18-3-5-20(6-4-18)27(28)29/h3-6,17,19,21H,7-16H2,1-2H3,(H2,23,24,25). The Bertz CT molecular complexity index is 719. The quantitative estimate of drug-likeness (QED) is 0.266. The van der Waals surface area contributed by atoms with Gasteiger partial charge < -0.3 is 20.1 Å². The molecule has 2 fully saturated rings. The third kappa shape index (κ3) is 8.08. The van der Waals surface area contributed by atoms with Crippen LogP contribution in [-0.2, 0) is 16.0 Å². The Morgan fingerprint density at radius 3 is 2.71 bits per heavy atom. The molecule has 1 aromatic carbocycles. The summed E-state index contributed by atoms with van der Waals surface area (Å²) in [6, 6.07) is 6.52. The Morgan fingerprint density at radius 1 is 1.26 bits per heavy atom. The van der Waals surface area contributed by atoms with Gasteiger partial charge in [0.05, 0.1) is 30.8 Å². The monoisotopic (exact) mass is 433 g/mol. The van der Waals surface area contributed by atoms with E-state index in [1.807, 2.05) is 0 Å². The Morgan fingerprint density at radius 2 is 2.03 bits per heavy atom. The van der Waals surface area contributed by atoms with Crippen molar-refractivity contribution in [2.75, 3.05) is 52.5 Å². The fraction of sp³-hybridized carbons (Fsp3) is 0.682. The summed E-state index contributed by atoms with van der Waals surface area (Å²) in [4.78, 5) is 17.6. The summed E-state index contributed by atoms with van der Waals surface area (Å²) in [6.45, 7) is 11.7. The van der Waals surface area contributed by atoms with Crippen LogP contribution >= 0.6 is 0 Å². The fourth-order valence-corrected chi connectivity index (χ4v) is 3.85. The lowest BCUT2D eigenvalue weighted by Gasteiger charge is -2.34. The van der Waals surface area contributed by atoms with E-state index in [-0.39, 0.29) is 11.8 Å². The number of guanidine groups is 1. The molecule has 2 atom stereocenters. The van der Waals surface area contributed by atoms with Gasteiger partial charge in [-0.25, -0.2) is 4.99 Å². The van der Waals surface area contributed by atoms with Crippen molar-refractivity contribution in [2.24, 2.45) is 16.8 Å². The molecule has 2 aliphatic heterocycles. The Labute approximate surface area is 184 Å². The third-order valence-electron chi connectivity index (χ3n) is 5.49. The molecule has 2 unspecified atom stereocenters. The molecule has 2 aliphatic rings. The third-order valence-corrected chi connectivity index (χ3v) is 5.49. The average Bonchev–Trinajstić information content (AvgIpc) is 3.27. The molecule has 2 N–H and O–H groups in total. The van der Waals surface area contributed by atoms with Crippen LogP contribution in [0.4, 0.5) is 5.69 Å². The number of nitrogens with one attached hydrogen (secondary N) is 2. The van der Waals surface area contributed by atoms with E-state index < -0.39 is 4.92 Å². The molecule has 0 aromatic heterocycles. The first-order chi connectivity index (χ1) is 15.0. The first kappa shape index (κ1) is 23.4. The first-order valence-electron chi connectivity index (χ1n) is 11.2. The van der Waals surface area contributed by atoms with Crippen LogP contribution in [0.3, 0.4) is 0 Å². The number of non-ortho nitro benzene ring substituents is 1. The molecule has 2 saturated heterocycles. The molecule has 9 heteroatoms. The summed E-state index contributed by atoms with van der Waals surface area (Å²) in [7, 11) is 0. The van der Waals surface area contributed by atoms with Crippen molar-refractivity contribution in [1.29, 1.82) is 0 Å². The molecule has 31 heavy (non-hydrogen) atoms. The minimum Gasteiger partial charge on any atom is -0.381 e. The van der Waals surface area contributed by atoms with Crippen LogP contribution in [0, 0.1) is 22.0 Å². The first-order valence-corrected chi connectivity index (χ1v) is 11.2. The smallest absolute Gasteiger partial charge is 0.269 e. The summed E-state index contributed by atoms with van der Waals surface area (Å²) in [6.07, 6.45) is 1.17. The van der Waals surface area contributed by atoms with E-state index in [0.29, 0.717) is 24.9 Å². The minimum absolute atomic E-state index is 0.0887. The zero-order chi connectivity index (χ0) is 22.1. The van der Waals surface area contributed by atoms with Gasteiger partial charge in [-0.2, -0.15) is 0 Å². The maximum absolute atomic E-state index is 10.8. The number of nitro benzene ring substituents is 1. The van der Waals surface area contributed by atoms with E-state index in [1.54, 1.807) is 12.1 Å². The van der Waals surface area contributed by atoms with E-state index in [2.05, 4.69) is 29.4 Å². The van der Waals surface area contributed by atoms with Crippen LogP contribution in [0.2, 0.25) is 0 Å². The van der Waals surface area contributed by atoms with Crippen molar-refractivity contribution in [1.82, 2.24) is 15.5 Å². The second kappa shape index (κ2) is 12.0. The second-order valence-corrected chi connectivity index (χ2v) is 8.73. The topological polar surface area (TPSA) is 101 Å². The lowest BCUT2D eigenvalue weighted by molar-refractivity contribution is -0.384. The van der Waals surface area contributed by atoms with Gasteiger partial charge in [-0.3, -0.25) is 15.0 Å². The van der Waals surface area contributed by atoms with Crippen LogP contribution in [0.1, 0.15) is 25.8 Å². The van der Waals surface area contributed by atoms with Crippen LogP contribution in [0.15, 0.2) is 29.3 Å². The van der Waals surface area contributed by atoms with Crippen molar-refractivity contribution in [2.45, 2.75) is 32.9 Å². The molecule has 0 bridgehead atoms. The molecule has 0 amide bonds. The van der Waals surface area contributed by atoms with Gasteiger partial charge in [0, 0.05) is 57.4 Å². The van der Waals surface area contributed by atoms with Crippen molar-refractivity contribution < 1.29 is 14.4 Å². The van der Waals surface area contributed by atoms with Gasteiger partial charge in [0.15, 0.2) is 5.96 Å². The van der Waals surface area contributed by atoms with E-state index >= 15 is 0 Å². The number of nitrogens with zero attached hydrogens (tertiary/aromatic N) is 3. The van der Waals surface area contributed by atoms with Gasteiger partial charge in [-0.15, -0.1) is 0 Å². The number of ether oxygens (including phenoxy) is 2. The number of aliphatic imine (C=N–C) groups is 1. The zero-order valence-corrected chi connectivity index (χ0v) is 18.6. The molecule has 1 aromatic rings. The molecule has 9 nitrogen and oxygen atoms in total. The van der Waals surface area contributed by atoms with E-state index in [4.69, 9.17) is 14.5 Å². The summed E-state index contributed by atoms with van der Waals surface area (Å²) >= 11 is 0. The predicted octanol–water partition coefficient (Wildman–Crippen LogP) is 2.02.